The summed E-state index contributed by atoms with van der Waals surface area (Å²) in [5.74, 6) is 1.20. The first kappa shape index (κ1) is 23.8. The average molecular weight is 469 g/mol. The molecule has 35 heavy (non-hydrogen) atoms. The van der Waals surface area contributed by atoms with Crippen molar-refractivity contribution >= 4 is 17.6 Å². The summed E-state index contributed by atoms with van der Waals surface area (Å²) in [7, 11) is 1.65. The summed E-state index contributed by atoms with van der Waals surface area (Å²) in [6.45, 7) is 3.92. The van der Waals surface area contributed by atoms with E-state index in [2.05, 4.69) is 10.4 Å². The van der Waals surface area contributed by atoms with Crippen LogP contribution in [0.1, 0.15) is 45.1 Å². The summed E-state index contributed by atoms with van der Waals surface area (Å²) >= 11 is 0. The number of hydrogen-bond acceptors (Lipinski definition) is 4. The number of fused-ring (bicyclic) bond motifs is 1. The minimum absolute atomic E-state index is 0.00500. The lowest BCUT2D eigenvalue weighted by atomic mass is 9.86. The summed E-state index contributed by atoms with van der Waals surface area (Å²) < 4.78 is 7.05. The van der Waals surface area contributed by atoms with Crippen molar-refractivity contribution in [1.29, 1.82) is 0 Å². The number of nitrogens with zero attached hydrogens (tertiary/aromatic N) is 2. The van der Waals surface area contributed by atoms with E-state index in [1.54, 1.807) is 19.2 Å². The van der Waals surface area contributed by atoms with Gasteiger partial charge < -0.3 is 15.8 Å². The lowest BCUT2D eigenvalue weighted by Gasteiger charge is -2.24. The zero-order valence-electron chi connectivity index (χ0n) is 20.0. The number of benzene rings is 3. The highest BCUT2D eigenvalue weighted by molar-refractivity contribution is 5.95. The van der Waals surface area contributed by atoms with Gasteiger partial charge in [0.2, 0.25) is 11.8 Å². The van der Waals surface area contributed by atoms with Crippen LogP contribution in [0.15, 0.2) is 78.9 Å². The van der Waals surface area contributed by atoms with Crippen molar-refractivity contribution in [1.82, 2.24) is 9.78 Å². The van der Waals surface area contributed by atoms with Gasteiger partial charge in [-0.25, -0.2) is 4.68 Å². The molecule has 1 atom stereocenters. The Balaban J connectivity index is 0.000000243. The fraction of sp³-hybridized carbons (Fsp3) is 0.179. The van der Waals surface area contributed by atoms with Gasteiger partial charge >= 0.3 is 0 Å². The van der Waals surface area contributed by atoms with Crippen molar-refractivity contribution in [2.75, 3.05) is 12.4 Å². The molecule has 1 aromatic heterocycles. The number of para-hydroxylation sites is 1. The molecule has 2 heterocycles. The Kier molecular flexibility index (Phi) is 6.96. The number of rotatable bonds is 4. The fourth-order valence-corrected chi connectivity index (χ4v) is 4.22. The Bertz CT molecular complexity index is 1340. The van der Waals surface area contributed by atoms with Crippen LogP contribution in [-0.2, 0) is 4.79 Å². The maximum atomic E-state index is 12.3. The van der Waals surface area contributed by atoms with E-state index in [1.807, 2.05) is 85.3 Å². The molecule has 1 unspecified atom stereocenters. The van der Waals surface area contributed by atoms with E-state index >= 15 is 0 Å². The standard InChI is InChI=1S/C20H19N3O2.C8H9NO/c1-13-19-17(14-8-10-16(25-2)11-9-14)12-18(24)21-20(19)23(22-13)15-6-4-3-5-7-15;1-6-3-2-4-7(5-6)8(9)10/h3-11,17H,12H2,1-2H3,(H,21,24);2-5H,1H3,(H2,9,10). The number of ether oxygens (including phenoxy) is 1. The summed E-state index contributed by atoms with van der Waals surface area (Å²) in [4.78, 5) is 22.9. The van der Waals surface area contributed by atoms with E-state index in [1.165, 1.54) is 0 Å². The molecule has 1 aliphatic rings. The highest BCUT2D eigenvalue weighted by Gasteiger charge is 2.32. The Labute approximate surface area is 204 Å². The molecule has 178 valence electrons. The monoisotopic (exact) mass is 468 g/mol. The molecule has 3 N–H and O–H groups in total. The van der Waals surface area contributed by atoms with E-state index < -0.39 is 0 Å². The first-order valence-corrected chi connectivity index (χ1v) is 11.3. The summed E-state index contributed by atoms with van der Waals surface area (Å²) in [6.07, 6.45) is 0.417. The second-order valence-electron chi connectivity index (χ2n) is 8.41. The number of hydrogen-bond donors (Lipinski definition) is 2. The number of aromatic nitrogens is 2. The second kappa shape index (κ2) is 10.3. The molecule has 2 amide bonds. The van der Waals surface area contributed by atoms with Crippen LogP contribution in [0.4, 0.5) is 5.82 Å². The van der Waals surface area contributed by atoms with Gasteiger partial charge in [-0.3, -0.25) is 9.59 Å². The van der Waals surface area contributed by atoms with E-state index in [-0.39, 0.29) is 17.7 Å². The first-order valence-electron chi connectivity index (χ1n) is 11.3. The summed E-state index contributed by atoms with van der Waals surface area (Å²) in [6, 6.07) is 25.0. The molecule has 7 heteroatoms. The maximum absolute atomic E-state index is 12.3. The van der Waals surface area contributed by atoms with Crippen LogP contribution in [0.25, 0.3) is 5.69 Å². The second-order valence-corrected chi connectivity index (χ2v) is 8.41. The predicted octanol–water partition coefficient (Wildman–Crippen LogP) is 4.76. The van der Waals surface area contributed by atoms with Crippen LogP contribution in [0.2, 0.25) is 0 Å². The molecule has 1 aliphatic heterocycles. The number of methoxy groups -OCH3 is 1. The van der Waals surface area contributed by atoms with Crippen molar-refractivity contribution < 1.29 is 14.3 Å². The molecule has 0 saturated carbocycles. The normalized spacial score (nSPS) is 14.3. The topological polar surface area (TPSA) is 99.2 Å². The van der Waals surface area contributed by atoms with Gasteiger partial charge in [-0.05, 0) is 55.8 Å². The summed E-state index contributed by atoms with van der Waals surface area (Å²) in [5, 5.41) is 7.69. The van der Waals surface area contributed by atoms with Gasteiger partial charge in [-0.2, -0.15) is 5.10 Å². The summed E-state index contributed by atoms with van der Waals surface area (Å²) in [5.41, 5.74) is 10.7. The van der Waals surface area contributed by atoms with Crippen molar-refractivity contribution in [3.05, 3.63) is 107 Å². The first-order chi connectivity index (χ1) is 16.9. The van der Waals surface area contributed by atoms with Gasteiger partial charge in [0, 0.05) is 23.5 Å². The van der Waals surface area contributed by atoms with Gasteiger partial charge in [-0.1, -0.05) is 48.0 Å². The van der Waals surface area contributed by atoms with Gasteiger partial charge in [-0.15, -0.1) is 0 Å². The third kappa shape index (κ3) is 5.24. The van der Waals surface area contributed by atoms with Crippen LogP contribution in [0.3, 0.4) is 0 Å². The zero-order chi connectivity index (χ0) is 24.9. The Hall–Kier alpha value is -4.39. The van der Waals surface area contributed by atoms with E-state index in [4.69, 9.17) is 10.5 Å². The molecule has 0 fully saturated rings. The van der Waals surface area contributed by atoms with Crippen LogP contribution < -0.4 is 15.8 Å². The highest BCUT2D eigenvalue weighted by atomic mass is 16.5. The predicted molar refractivity (Wildman–Crippen MR) is 136 cm³/mol. The highest BCUT2D eigenvalue weighted by Crippen LogP contribution is 2.40. The van der Waals surface area contributed by atoms with Crippen molar-refractivity contribution in [2.45, 2.75) is 26.2 Å². The number of nitrogens with two attached hydrogens (primary N) is 1. The van der Waals surface area contributed by atoms with E-state index in [0.717, 1.165) is 39.6 Å². The maximum Gasteiger partial charge on any atom is 0.248 e. The lowest BCUT2D eigenvalue weighted by molar-refractivity contribution is -0.116. The molecule has 0 saturated heterocycles. The van der Waals surface area contributed by atoms with Crippen LogP contribution >= 0.6 is 0 Å². The SMILES string of the molecule is COc1ccc(C2CC(=O)Nc3c2c(C)nn3-c2ccccc2)cc1.Cc1cccc(C(N)=O)c1. The van der Waals surface area contributed by atoms with Crippen molar-refractivity contribution in [3.8, 4) is 11.4 Å². The van der Waals surface area contributed by atoms with Crippen LogP contribution in [0.5, 0.6) is 5.75 Å². The van der Waals surface area contributed by atoms with Crippen molar-refractivity contribution in [3.63, 3.8) is 0 Å². The van der Waals surface area contributed by atoms with Gasteiger partial charge in [0.05, 0.1) is 18.5 Å². The minimum Gasteiger partial charge on any atom is -0.497 e. The Morgan fingerprint density at radius 3 is 2.34 bits per heavy atom. The third-order valence-corrected chi connectivity index (χ3v) is 5.92. The fourth-order valence-electron chi connectivity index (χ4n) is 4.22. The number of carbonyl (C=O) groups is 2. The number of nitrogens with one attached hydrogen (secondary N) is 1. The lowest BCUT2D eigenvalue weighted by Crippen LogP contribution is -2.24. The molecule has 7 nitrogen and oxygen atoms in total. The largest absolute Gasteiger partial charge is 0.497 e. The number of anilines is 1. The Morgan fingerprint density at radius 2 is 1.74 bits per heavy atom. The van der Waals surface area contributed by atoms with Crippen molar-refractivity contribution in [2.24, 2.45) is 5.73 Å². The molecule has 5 rings (SSSR count). The number of amides is 2. The minimum atomic E-state index is -0.372. The quantitative estimate of drug-likeness (QED) is 0.451. The zero-order valence-corrected chi connectivity index (χ0v) is 20.0. The van der Waals surface area contributed by atoms with E-state index in [9.17, 15) is 9.59 Å². The van der Waals surface area contributed by atoms with Crippen LogP contribution in [-0.4, -0.2) is 28.7 Å². The smallest absolute Gasteiger partial charge is 0.248 e. The van der Waals surface area contributed by atoms with Gasteiger partial charge in [0.25, 0.3) is 0 Å². The van der Waals surface area contributed by atoms with Gasteiger partial charge in [0.15, 0.2) is 0 Å². The molecule has 0 spiro atoms. The average Bonchev–Trinajstić information content (AvgIpc) is 3.20. The Morgan fingerprint density at radius 1 is 1.03 bits per heavy atom. The number of primary amides is 1. The molecule has 0 bridgehead atoms. The molecule has 3 aromatic carbocycles. The van der Waals surface area contributed by atoms with Gasteiger partial charge in [0.1, 0.15) is 11.6 Å². The molecule has 4 aromatic rings. The third-order valence-electron chi connectivity index (χ3n) is 5.92. The van der Waals surface area contributed by atoms with E-state index in [0.29, 0.717) is 12.0 Å². The number of carbonyl (C=O) groups excluding carboxylic acids is 2. The molecular weight excluding hydrogens is 440 g/mol. The molecule has 0 aliphatic carbocycles. The van der Waals surface area contributed by atoms with Crippen LogP contribution in [0, 0.1) is 13.8 Å². The molecular formula is C28H28N4O3. The molecule has 0 radical (unpaired) electrons. The number of aryl methyl sites for hydroxylation is 2.